The number of hydrogen-bond donors (Lipinski definition) is 2. The maximum atomic E-state index is 12.5. The quantitative estimate of drug-likeness (QED) is 0.508. The topological polar surface area (TPSA) is 83.6 Å². The molecule has 7 nitrogen and oxygen atoms in total. The maximum absolute atomic E-state index is 12.5. The molecule has 32 heavy (non-hydrogen) atoms. The number of hydrogen-bond acceptors (Lipinski definition) is 5. The molecule has 0 aliphatic carbocycles. The number of nitrogens with zero attached hydrogens (tertiary/aromatic N) is 2. The lowest BCUT2D eigenvalue weighted by Gasteiger charge is -2.34. The van der Waals surface area contributed by atoms with E-state index in [9.17, 15) is 9.59 Å². The highest BCUT2D eigenvalue weighted by Crippen LogP contribution is 2.19. The van der Waals surface area contributed by atoms with E-state index in [0.717, 1.165) is 12.1 Å². The number of amides is 2. The number of benzene rings is 2. The van der Waals surface area contributed by atoms with Crippen LogP contribution >= 0.6 is 0 Å². The zero-order valence-corrected chi connectivity index (χ0v) is 18.0. The van der Waals surface area contributed by atoms with Crippen LogP contribution in [0.4, 0.5) is 0 Å². The lowest BCUT2D eigenvalue weighted by Crippen LogP contribution is -2.56. The number of aromatic nitrogens is 1. The average molecular weight is 433 g/mol. The van der Waals surface area contributed by atoms with E-state index in [0.29, 0.717) is 38.4 Å². The van der Waals surface area contributed by atoms with Crippen LogP contribution in [-0.4, -0.2) is 54.0 Å². The van der Waals surface area contributed by atoms with E-state index in [-0.39, 0.29) is 18.2 Å². The normalized spacial score (nSPS) is 16.5. The molecule has 0 radical (unpaired) electrons. The summed E-state index contributed by atoms with van der Waals surface area (Å²) >= 11 is 0. The Morgan fingerprint density at radius 3 is 2.88 bits per heavy atom. The van der Waals surface area contributed by atoms with Gasteiger partial charge in [0.15, 0.2) is 0 Å². The fraction of sp³-hybridized carbons (Fsp3) is 0.320. The Balaban J connectivity index is 1.28. The van der Waals surface area contributed by atoms with Crippen molar-refractivity contribution in [3.8, 4) is 5.75 Å². The number of carbonyl (C=O) groups is 2. The van der Waals surface area contributed by atoms with E-state index in [1.54, 1.807) is 12.4 Å². The van der Waals surface area contributed by atoms with Crippen LogP contribution in [0.15, 0.2) is 67.0 Å². The number of rotatable bonds is 9. The van der Waals surface area contributed by atoms with Gasteiger partial charge < -0.3 is 15.4 Å². The predicted octanol–water partition coefficient (Wildman–Crippen LogP) is 2.51. The van der Waals surface area contributed by atoms with Crippen molar-refractivity contribution in [1.82, 2.24) is 20.5 Å². The summed E-state index contributed by atoms with van der Waals surface area (Å²) in [6.07, 6.45) is 4.17. The summed E-state index contributed by atoms with van der Waals surface area (Å²) in [6.45, 7) is 2.93. The van der Waals surface area contributed by atoms with Gasteiger partial charge in [0.25, 0.3) is 0 Å². The highest BCUT2D eigenvalue weighted by atomic mass is 16.5. The van der Waals surface area contributed by atoms with Crippen molar-refractivity contribution in [2.75, 3.05) is 26.2 Å². The second-order valence-electron chi connectivity index (χ2n) is 7.90. The van der Waals surface area contributed by atoms with Gasteiger partial charge in [-0.05, 0) is 41.0 Å². The van der Waals surface area contributed by atoms with E-state index in [2.05, 4.69) is 50.8 Å². The van der Waals surface area contributed by atoms with Gasteiger partial charge in [-0.2, -0.15) is 0 Å². The minimum atomic E-state index is -0.470. The molecule has 0 saturated carbocycles. The molecule has 1 atom stereocenters. The van der Waals surface area contributed by atoms with Crippen molar-refractivity contribution in [2.24, 2.45) is 0 Å². The van der Waals surface area contributed by atoms with Gasteiger partial charge in [0.2, 0.25) is 11.8 Å². The standard InChI is InChI=1S/C25H28N4O3/c30-24(27-11-4-14-32-22-7-3-10-26-17-22)16-23-25(31)28-12-13-29(23)18-19-8-9-20-5-1-2-6-21(20)15-19/h1-3,5-10,15,17,23H,4,11-14,16,18H2,(H,27,30)(H,28,31)/t23-/m0/s1. The Kier molecular flexibility index (Phi) is 7.30. The van der Waals surface area contributed by atoms with Crippen molar-refractivity contribution in [1.29, 1.82) is 0 Å². The summed E-state index contributed by atoms with van der Waals surface area (Å²) in [5.74, 6) is 0.492. The van der Waals surface area contributed by atoms with Gasteiger partial charge >= 0.3 is 0 Å². The molecule has 1 aliphatic rings. The molecule has 2 aromatic carbocycles. The van der Waals surface area contributed by atoms with Crippen LogP contribution < -0.4 is 15.4 Å². The summed E-state index contributed by atoms with van der Waals surface area (Å²) in [5, 5.41) is 8.16. The first kappa shape index (κ1) is 21.8. The number of fused-ring (bicyclic) bond motifs is 1. The molecule has 1 saturated heterocycles. The van der Waals surface area contributed by atoms with E-state index in [1.165, 1.54) is 10.8 Å². The number of nitrogens with one attached hydrogen (secondary N) is 2. The van der Waals surface area contributed by atoms with Gasteiger partial charge in [0.1, 0.15) is 5.75 Å². The summed E-state index contributed by atoms with van der Waals surface area (Å²) in [7, 11) is 0. The third-order valence-electron chi connectivity index (χ3n) is 5.57. The molecule has 2 N–H and O–H groups in total. The second kappa shape index (κ2) is 10.7. The molecule has 2 amide bonds. The zero-order valence-electron chi connectivity index (χ0n) is 18.0. The monoisotopic (exact) mass is 432 g/mol. The maximum Gasteiger partial charge on any atom is 0.237 e. The predicted molar refractivity (Wildman–Crippen MR) is 123 cm³/mol. The lowest BCUT2D eigenvalue weighted by molar-refractivity contribution is -0.134. The third kappa shape index (κ3) is 5.82. The van der Waals surface area contributed by atoms with Gasteiger partial charge in [0, 0.05) is 32.4 Å². The molecule has 3 aromatic rings. The van der Waals surface area contributed by atoms with Crippen LogP contribution in [0.25, 0.3) is 10.8 Å². The van der Waals surface area contributed by atoms with Gasteiger partial charge in [-0.15, -0.1) is 0 Å². The smallest absolute Gasteiger partial charge is 0.237 e. The van der Waals surface area contributed by atoms with Crippen molar-refractivity contribution in [3.05, 3.63) is 72.6 Å². The molecule has 1 fully saturated rings. The Hall–Kier alpha value is -3.45. The second-order valence-corrected chi connectivity index (χ2v) is 7.90. The number of ether oxygens (including phenoxy) is 1. The van der Waals surface area contributed by atoms with Crippen LogP contribution in [0.5, 0.6) is 5.75 Å². The van der Waals surface area contributed by atoms with Crippen molar-refractivity contribution in [2.45, 2.75) is 25.4 Å². The van der Waals surface area contributed by atoms with Crippen LogP contribution in [-0.2, 0) is 16.1 Å². The highest BCUT2D eigenvalue weighted by Gasteiger charge is 2.31. The van der Waals surface area contributed by atoms with E-state index < -0.39 is 6.04 Å². The number of pyridine rings is 1. The molecule has 0 unspecified atom stereocenters. The minimum absolute atomic E-state index is 0.0906. The molecule has 1 aliphatic heterocycles. The largest absolute Gasteiger partial charge is 0.492 e. The number of carbonyl (C=O) groups excluding carboxylic acids is 2. The molecule has 2 heterocycles. The van der Waals surface area contributed by atoms with Gasteiger partial charge in [-0.3, -0.25) is 19.5 Å². The molecule has 4 rings (SSSR count). The van der Waals surface area contributed by atoms with Gasteiger partial charge in [-0.25, -0.2) is 0 Å². The average Bonchev–Trinajstić information content (AvgIpc) is 2.82. The van der Waals surface area contributed by atoms with Crippen LogP contribution in [0.2, 0.25) is 0 Å². The molecule has 7 heteroatoms. The first-order valence-corrected chi connectivity index (χ1v) is 11.0. The Morgan fingerprint density at radius 2 is 2.03 bits per heavy atom. The Labute approximate surface area is 187 Å². The Morgan fingerprint density at radius 1 is 1.16 bits per heavy atom. The number of piperazine rings is 1. The van der Waals surface area contributed by atoms with E-state index in [4.69, 9.17) is 4.74 Å². The first-order valence-electron chi connectivity index (χ1n) is 11.0. The van der Waals surface area contributed by atoms with Crippen molar-refractivity contribution in [3.63, 3.8) is 0 Å². The molecule has 0 bridgehead atoms. The minimum Gasteiger partial charge on any atom is -0.492 e. The molecule has 166 valence electrons. The fourth-order valence-corrected chi connectivity index (χ4v) is 3.92. The molecule has 1 aromatic heterocycles. The summed E-state index contributed by atoms with van der Waals surface area (Å²) < 4.78 is 5.58. The first-order chi connectivity index (χ1) is 15.7. The zero-order chi connectivity index (χ0) is 22.2. The van der Waals surface area contributed by atoms with E-state index in [1.807, 2.05) is 24.3 Å². The lowest BCUT2D eigenvalue weighted by atomic mass is 10.0. The van der Waals surface area contributed by atoms with Gasteiger partial charge in [0.05, 0.1) is 25.3 Å². The Bertz CT molecular complexity index is 1060. The van der Waals surface area contributed by atoms with Gasteiger partial charge in [-0.1, -0.05) is 36.4 Å². The highest BCUT2D eigenvalue weighted by molar-refractivity contribution is 5.89. The molecule has 0 spiro atoms. The van der Waals surface area contributed by atoms with E-state index >= 15 is 0 Å². The van der Waals surface area contributed by atoms with Crippen molar-refractivity contribution < 1.29 is 14.3 Å². The van der Waals surface area contributed by atoms with Crippen LogP contribution in [0.1, 0.15) is 18.4 Å². The fourth-order valence-electron chi connectivity index (χ4n) is 3.92. The third-order valence-corrected chi connectivity index (χ3v) is 5.57. The summed E-state index contributed by atoms with van der Waals surface area (Å²) in [5.41, 5.74) is 1.14. The summed E-state index contributed by atoms with van der Waals surface area (Å²) in [6, 6.07) is 17.8. The van der Waals surface area contributed by atoms with Crippen LogP contribution in [0.3, 0.4) is 0 Å². The van der Waals surface area contributed by atoms with Crippen LogP contribution in [0, 0.1) is 0 Å². The molecular formula is C25H28N4O3. The summed E-state index contributed by atoms with van der Waals surface area (Å²) in [4.78, 5) is 31.1. The van der Waals surface area contributed by atoms with Crippen molar-refractivity contribution >= 4 is 22.6 Å². The SMILES string of the molecule is O=C(C[C@H]1C(=O)NCCN1Cc1ccc2ccccc2c1)NCCCOc1cccnc1. The molecular weight excluding hydrogens is 404 g/mol.